The van der Waals surface area contributed by atoms with E-state index < -0.39 is 0 Å². The summed E-state index contributed by atoms with van der Waals surface area (Å²) >= 11 is 0. The molecule has 3 heteroatoms. The summed E-state index contributed by atoms with van der Waals surface area (Å²) in [5.74, 6) is 0. The fourth-order valence-corrected chi connectivity index (χ4v) is 3.88. The van der Waals surface area contributed by atoms with E-state index in [0.29, 0.717) is 12.1 Å². The molecule has 182 valence electrons. The molecule has 0 spiro atoms. The van der Waals surface area contributed by atoms with Crippen LogP contribution in [0, 0.1) is 5.41 Å². The zero-order valence-electron chi connectivity index (χ0n) is 22.8. The smallest absolute Gasteiger partial charge is 0.681 e. The zero-order chi connectivity index (χ0) is 26.4. The van der Waals surface area contributed by atoms with Gasteiger partial charge in [0.25, 0.3) is 0 Å². The summed E-state index contributed by atoms with van der Waals surface area (Å²) in [6.07, 6.45) is 12.3. The maximum absolute atomic E-state index is 6.68. The Hall–Kier alpha value is -2.27. The van der Waals surface area contributed by atoms with Gasteiger partial charge in [0.15, 0.2) is 0 Å². The van der Waals surface area contributed by atoms with E-state index in [1.54, 1.807) is 18.2 Å². The number of fused-ring (bicyclic) bond motifs is 3. The van der Waals surface area contributed by atoms with E-state index in [2.05, 4.69) is 108 Å². The molecule has 3 rings (SSSR count). The van der Waals surface area contributed by atoms with Gasteiger partial charge in [-0.25, -0.2) is 0 Å². The Balaban J connectivity index is 0.000000957. The molecule has 0 radical (unpaired) electrons. The third-order valence-corrected chi connectivity index (χ3v) is 5.73. The number of rotatable bonds is 8. The van der Waals surface area contributed by atoms with Gasteiger partial charge >= 0.3 is 51.4 Å². The molecule has 0 aromatic heterocycles. The van der Waals surface area contributed by atoms with Crippen molar-refractivity contribution in [3.8, 4) is 11.1 Å². The molecule has 2 aromatic carbocycles. The van der Waals surface area contributed by atoms with E-state index in [1.165, 1.54) is 39.6 Å². The Morgan fingerprint density at radius 2 is 1.67 bits per heavy atom. The van der Waals surface area contributed by atoms with Gasteiger partial charge in [-0.1, -0.05) is 87.7 Å². The number of nitrogens with one attached hydrogen (secondary N) is 1. The van der Waals surface area contributed by atoms with Crippen LogP contribution in [0.15, 0.2) is 123 Å². The van der Waals surface area contributed by atoms with Crippen LogP contribution < -0.4 is 51.4 Å². The van der Waals surface area contributed by atoms with E-state index in [0.717, 1.165) is 5.70 Å². The van der Waals surface area contributed by atoms with Crippen LogP contribution in [0.3, 0.4) is 0 Å². The van der Waals surface area contributed by atoms with Gasteiger partial charge in [-0.3, -0.25) is 0 Å². The number of hydrogen-bond acceptors (Lipinski definition) is 1. The maximum atomic E-state index is 6.68. The second kappa shape index (κ2) is 17.2. The van der Waals surface area contributed by atoms with Crippen molar-refractivity contribution >= 4 is 11.8 Å². The van der Waals surface area contributed by atoms with Crippen molar-refractivity contribution in [2.24, 2.45) is 0 Å². The molecule has 0 fully saturated rings. The summed E-state index contributed by atoms with van der Waals surface area (Å²) < 4.78 is 0. The van der Waals surface area contributed by atoms with Crippen molar-refractivity contribution in [2.45, 2.75) is 33.1 Å². The summed E-state index contributed by atoms with van der Waals surface area (Å²) in [7, 11) is 0. The van der Waals surface area contributed by atoms with Gasteiger partial charge in [-0.05, 0) is 58.9 Å². The van der Waals surface area contributed by atoms with Crippen molar-refractivity contribution in [1.82, 2.24) is 0 Å². The fourth-order valence-electron chi connectivity index (χ4n) is 3.88. The van der Waals surface area contributed by atoms with Crippen LogP contribution in [0.25, 0.3) is 22.0 Å². The Morgan fingerprint density at radius 1 is 1.03 bits per heavy atom. The predicted molar refractivity (Wildman–Crippen MR) is 158 cm³/mol. The van der Waals surface area contributed by atoms with Crippen LogP contribution in [0.5, 0.6) is 0 Å². The average molecular weight is 503 g/mol. The Labute approximate surface area is 261 Å². The molecule has 0 heterocycles. The Bertz CT molecular complexity index is 1150. The molecule has 0 unspecified atom stereocenters. The summed E-state index contributed by atoms with van der Waals surface area (Å²) in [6, 6.07) is 15.6. The molecule has 0 saturated carbocycles. The Morgan fingerprint density at radius 3 is 2.25 bits per heavy atom. The normalized spacial score (nSPS) is 12.9. The van der Waals surface area contributed by atoms with E-state index in [4.69, 9.17) is 5.41 Å². The predicted octanol–water partition coefficient (Wildman–Crippen LogP) is 6.60. The molecule has 2 nitrogen and oxygen atoms in total. The van der Waals surface area contributed by atoms with Crippen molar-refractivity contribution in [3.05, 3.63) is 145 Å². The number of nitrogens with zero attached hydrogens (tertiary/aromatic N) is 1. The van der Waals surface area contributed by atoms with Crippen LogP contribution in [-0.2, 0) is 5.41 Å². The molecule has 0 aliphatic heterocycles. The number of allylic oxidation sites excluding steroid dienone is 7. The van der Waals surface area contributed by atoms with Crippen molar-refractivity contribution in [2.75, 3.05) is 6.54 Å². The standard InChI is InChI=1S/C24H26N.C7H9N.C2H4.K/c1-6-14-25-19(7-2)15-17(3)18-12-13-21-20-10-8-9-11-22(20)24(4,5)23(21)16-18;1-3-4-5-7(2)6-8;1-2;/h6-13,15-16H,1,14H2,2-5H3;3-6,8H,1-2H2;1-2H2;/q-1;;;+1/b17-15+,19-7+;5-4-,8-6?;;. The molecule has 1 aliphatic rings. The second-order valence-corrected chi connectivity index (χ2v) is 8.42. The first kappa shape index (κ1) is 33.7. The first-order valence-electron chi connectivity index (χ1n) is 11.7. The van der Waals surface area contributed by atoms with Gasteiger partial charge in [-0.2, -0.15) is 0 Å². The fraction of sp³-hybridized carbons (Fsp3) is 0.182. The van der Waals surface area contributed by atoms with Gasteiger partial charge < -0.3 is 10.7 Å². The van der Waals surface area contributed by atoms with Gasteiger partial charge in [0.2, 0.25) is 0 Å². The summed E-state index contributed by atoms with van der Waals surface area (Å²) in [5, 5.41) is 11.2. The van der Waals surface area contributed by atoms with Gasteiger partial charge in [0.1, 0.15) is 0 Å². The average Bonchev–Trinajstić information content (AvgIpc) is 3.12. The molecule has 0 saturated heterocycles. The van der Waals surface area contributed by atoms with Crippen molar-refractivity contribution < 1.29 is 51.4 Å². The quantitative estimate of drug-likeness (QED) is 0.183. The monoisotopic (exact) mass is 502 g/mol. The minimum atomic E-state index is 0. The molecular formula is C33H39KN2. The zero-order valence-corrected chi connectivity index (χ0v) is 25.9. The van der Waals surface area contributed by atoms with Crippen LogP contribution in [0.4, 0.5) is 0 Å². The molecule has 0 bridgehead atoms. The molecule has 1 N–H and O–H groups in total. The van der Waals surface area contributed by atoms with Crippen molar-refractivity contribution in [3.63, 3.8) is 0 Å². The largest absolute Gasteiger partial charge is 1.00 e. The van der Waals surface area contributed by atoms with E-state index in [9.17, 15) is 0 Å². The van der Waals surface area contributed by atoms with E-state index in [1.807, 2.05) is 19.1 Å². The molecule has 0 atom stereocenters. The topological polar surface area (TPSA) is 38.0 Å². The third kappa shape index (κ3) is 8.99. The number of hydrogen-bond donors (Lipinski definition) is 1. The number of benzene rings is 2. The second-order valence-electron chi connectivity index (χ2n) is 8.42. The molecule has 2 aromatic rings. The minimum Gasteiger partial charge on any atom is -0.681 e. The molecule has 36 heavy (non-hydrogen) atoms. The summed E-state index contributed by atoms with van der Waals surface area (Å²) in [5.41, 5.74) is 9.76. The van der Waals surface area contributed by atoms with Crippen LogP contribution in [0.1, 0.15) is 44.4 Å². The first-order chi connectivity index (χ1) is 16.8. The minimum absolute atomic E-state index is 0. The van der Waals surface area contributed by atoms with Crippen LogP contribution >= 0.6 is 0 Å². The van der Waals surface area contributed by atoms with E-state index >= 15 is 0 Å². The van der Waals surface area contributed by atoms with Gasteiger partial charge in [0.05, 0.1) is 0 Å². The van der Waals surface area contributed by atoms with Gasteiger partial charge in [0, 0.05) is 11.6 Å². The third-order valence-electron chi connectivity index (χ3n) is 5.73. The SMILES string of the molecule is C=C.C=C/C=C\C(=C)C=N.C=CC[N-]C(=C/C)/C=C(\C)c1ccc2c(c1)C(C)(C)c1ccccc1-2.[K+]. The van der Waals surface area contributed by atoms with Crippen molar-refractivity contribution in [1.29, 1.82) is 5.41 Å². The molecular weight excluding hydrogens is 463 g/mol. The van der Waals surface area contributed by atoms with Crippen LogP contribution in [0.2, 0.25) is 0 Å². The Kier molecular flexibility index (Phi) is 16.1. The molecule has 0 amide bonds. The van der Waals surface area contributed by atoms with Crippen LogP contribution in [-0.4, -0.2) is 12.8 Å². The van der Waals surface area contributed by atoms with E-state index in [-0.39, 0.29) is 56.8 Å². The molecule has 1 aliphatic carbocycles. The maximum Gasteiger partial charge on any atom is 1.00 e. The summed E-state index contributed by atoms with van der Waals surface area (Å²) in [4.78, 5) is 0. The van der Waals surface area contributed by atoms with Gasteiger partial charge in [-0.15, -0.1) is 44.1 Å². The first-order valence-corrected chi connectivity index (χ1v) is 11.7. The summed E-state index contributed by atoms with van der Waals surface area (Å²) in [6.45, 7) is 26.2.